The molecule has 4 nitrogen and oxygen atoms in total. The number of nitrogens with zero attached hydrogens (tertiary/aromatic N) is 4. The van der Waals surface area contributed by atoms with E-state index in [2.05, 4.69) is 374 Å². The number of fused-ring (bicyclic) bond motifs is 15. The van der Waals surface area contributed by atoms with Gasteiger partial charge in [0, 0.05) is 77.9 Å². The van der Waals surface area contributed by atoms with E-state index in [1.165, 1.54) is 110 Å². The van der Waals surface area contributed by atoms with Gasteiger partial charge in [-0.05, 0) is 210 Å². The maximum absolute atomic E-state index is 2.48. The maximum atomic E-state index is 2.48. The fourth-order valence-electron chi connectivity index (χ4n) is 16.7. The average Bonchev–Trinajstić information content (AvgIpc) is 1.47. The molecule has 0 atom stereocenters. The lowest BCUT2D eigenvalue weighted by Gasteiger charge is -2.27. The molecular weight excluding hydrogens is 1160 g/mol. The monoisotopic (exact) mass is 1230 g/mol. The van der Waals surface area contributed by atoms with Crippen LogP contribution in [0.2, 0.25) is 0 Å². The SMILES string of the molecule is CC1(C)c2ccccc2-c2cc3c(cc21)c1ccc(N(c2ccccc2)c2ccc(-c4c(-c5ccc(N(c6ccccc6)c6ccc7c8cc9c(cc8n(-c8ccccc8)c7c6)-c6ccccc6C9(C)C)cc5)c5ccccc5c5ccccc45)cc2)cc1n3-c1ccccc1. The minimum absolute atomic E-state index is 0.119. The van der Waals surface area contributed by atoms with Crippen LogP contribution in [0.5, 0.6) is 0 Å². The van der Waals surface area contributed by atoms with E-state index in [0.29, 0.717) is 0 Å². The molecule has 0 N–H and O–H groups in total. The molecule has 0 aliphatic heterocycles. The summed E-state index contributed by atoms with van der Waals surface area (Å²) in [7, 11) is 0. The second-order valence-electron chi connectivity index (χ2n) is 27.2. The Bertz CT molecular complexity index is 5610. The van der Waals surface area contributed by atoms with Crippen LogP contribution in [-0.4, -0.2) is 9.13 Å². The largest absolute Gasteiger partial charge is 0.310 e. The summed E-state index contributed by atoms with van der Waals surface area (Å²) >= 11 is 0. The van der Waals surface area contributed by atoms with Crippen LogP contribution in [0.3, 0.4) is 0 Å². The fraction of sp³-hybridized carbons (Fsp3) is 0.0652. The first kappa shape index (κ1) is 55.6. The first-order valence-electron chi connectivity index (χ1n) is 33.6. The third-order valence-electron chi connectivity index (χ3n) is 21.2. The summed E-state index contributed by atoms with van der Waals surface area (Å²) in [6.07, 6.45) is 0. The molecule has 0 fully saturated rings. The molecule has 0 saturated heterocycles. The van der Waals surface area contributed by atoms with Gasteiger partial charge in [0.05, 0.1) is 22.1 Å². The summed E-state index contributed by atoms with van der Waals surface area (Å²) in [6, 6.07) is 122. The van der Waals surface area contributed by atoms with Crippen molar-refractivity contribution in [1.82, 2.24) is 9.13 Å². The van der Waals surface area contributed by atoms with E-state index >= 15 is 0 Å². The molecule has 2 aliphatic rings. The van der Waals surface area contributed by atoms with Crippen molar-refractivity contribution in [1.29, 1.82) is 0 Å². The van der Waals surface area contributed by atoms with Crippen molar-refractivity contribution in [3.05, 3.63) is 350 Å². The Morgan fingerprint density at radius 3 is 0.927 bits per heavy atom. The molecule has 0 unspecified atom stereocenters. The highest BCUT2D eigenvalue weighted by Gasteiger charge is 2.38. The molecular formula is C92H66N4. The lowest BCUT2D eigenvalue weighted by Crippen LogP contribution is -2.14. The van der Waals surface area contributed by atoms with Gasteiger partial charge in [-0.3, -0.25) is 0 Å². The zero-order chi connectivity index (χ0) is 64.0. The third kappa shape index (κ3) is 8.34. The maximum Gasteiger partial charge on any atom is 0.0561 e. The average molecular weight is 1230 g/mol. The lowest BCUT2D eigenvalue weighted by atomic mass is 9.82. The molecule has 0 bridgehead atoms. The van der Waals surface area contributed by atoms with E-state index in [9.17, 15) is 0 Å². The molecule has 0 radical (unpaired) electrons. The zero-order valence-electron chi connectivity index (χ0n) is 54.0. The molecule has 15 aromatic carbocycles. The van der Waals surface area contributed by atoms with Gasteiger partial charge < -0.3 is 18.9 Å². The molecule has 2 heterocycles. The molecule has 2 aromatic heterocycles. The van der Waals surface area contributed by atoms with Crippen LogP contribution in [0.25, 0.3) is 121 Å². The molecule has 4 heteroatoms. The lowest BCUT2D eigenvalue weighted by molar-refractivity contribution is 0.661. The molecule has 17 aromatic rings. The van der Waals surface area contributed by atoms with Gasteiger partial charge in [-0.1, -0.05) is 234 Å². The van der Waals surface area contributed by atoms with Crippen LogP contribution in [0, 0.1) is 0 Å². The van der Waals surface area contributed by atoms with Gasteiger partial charge in [0.1, 0.15) is 0 Å². The quantitative estimate of drug-likeness (QED) is 0.127. The highest BCUT2D eigenvalue weighted by atomic mass is 15.2. The number of aromatic nitrogens is 2. The van der Waals surface area contributed by atoms with E-state index in [1.807, 2.05) is 0 Å². The van der Waals surface area contributed by atoms with Crippen LogP contribution >= 0.6 is 0 Å². The number of anilines is 6. The Labute approximate surface area is 559 Å². The summed E-state index contributed by atoms with van der Waals surface area (Å²) in [6.45, 7) is 9.50. The van der Waals surface area contributed by atoms with Crippen molar-refractivity contribution in [3.8, 4) is 55.9 Å². The van der Waals surface area contributed by atoms with Gasteiger partial charge in [-0.2, -0.15) is 0 Å². The van der Waals surface area contributed by atoms with Crippen LogP contribution in [0.4, 0.5) is 34.1 Å². The van der Waals surface area contributed by atoms with Gasteiger partial charge in [0.2, 0.25) is 0 Å². The van der Waals surface area contributed by atoms with Gasteiger partial charge in [0.15, 0.2) is 0 Å². The Morgan fingerprint density at radius 2 is 0.531 bits per heavy atom. The van der Waals surface area contributed by atoms with Crippen LogP contribution in [0.1, 0.15) is 49.9 Å². The van der Waals surface area contributed by atoms with Crippen molar-refractivity contribution in [3.63, 3.8) is 0 Å². The summed E-state index contributed by atoms with van der Waals surface area (Å²) in [5.74, 6) is 0. The smallest absolute Gasteiger partial charge is 0.0561 e. The Hall–Kier alpha value is -12.0. The summed E-state index contributed by atoms with van der Waals surface area (Å²) in [4.78, 5) is 4.83. The summed E-state index contributed by atoms with van der Waals surface area (Å²) < 4.78 is 4.95. The molecule has 0 spiro atoms. The summed E-state index contributed by atoms with van der Waals surface area (Å²) in [5, 5.41) is 9.88. The van der Waals surface area contributed by atoms with Crippen LogP contribution in [-0.2, 0) is 10.8 Å². The van der Waals surface area contributed by atoms with Crippen molar-refractivity contribution < 1.29 is 0 Å². The van der Waals surface area contributed by atoms with Crippen LogP contribution < -0.4 is 9.80 Å². The topological polar surface area (TPSA) is 16.3 Å². The van der Waals surface area contributed by atoms with Crippen molar-refractivity contribution in [2.45, 2.75) is 38.5 Å². The second-order valence-corrected chi connectivity index (χ2v) is 27.2. The molecule has 0 saturated carbocycles. The Morgan fingerprint density at radius 1 is 0.219 bits per heavy atom. The number of hydrogen-bond acceptors (Lipinski definition) is 2. The van der Waals surface area contributed by atoms with E-state index in [4.69, 9.17) is 0 Å². The van der Waals surface area contributed by atoms with Gasteiger partial charge in [0.25, 0.3) is 0 Å². The molecule has 96 heavy (non-hydrogen) atoms. The number of rotatable bonds is 10. The van der Waals surface area contributed by atoms with Crippen molar-refractivity contribution in [2.75, 3.05) is 9.80 Å². The Balaban J connectivity index is 0.745. The summed E-state index contributed by atoms with van der Waals surface area (Å²) in [5.41, 5.74) is 28.8. The van der Waals surface area contributed by atoms with E-state index < -0.39 is 0 Å². The van der Waals surface area contributed by atoms with E-state index in [-0.39, 0.29) is 10.8 Å². The highest BCUT2D eigenvalue weighted by Crippen LogP contribution is 2.54. The van der Waals surface area contributed by atoms with Gasteiger partial charge in [-0.25, -0.2) is 0 Å². The fourth-order valence-corrected chi connectivity index (χ4v) is 16.7. The second kappa shape index (κ2) is 21.3. The van der Waals surface area contributed by atoms with E-state index in [1.54, 1.807) is 0 Å². The molecule has 2 aliphatic carbocycles. The zero-order valence-corrected chi connectivity index (χ0v) is 54.0. The van der Waals surface area contributed by atoms with Gasteiger partial charge in [-0.15, -0.1) is 0 Å². The number of hydrogen-bond donors (Lipinski definition) is 0. The number of para-hydroxylation sites is 4. The molecule has 19 rings (SSSR count). The van der Waals surface area contributed by atoms with Crippen molar-refractivity contribution in [2.24, 2.45) is 0 Å². The third-order valence-corrected chi connectivity index (χ3v) is 21.2. The van der Waals surface area contributed by atoms with Crippen LogP contribution in [0.15, 0.2) is 328 Å². The van der Waals surface area contributed by atoms with Crippen molar-refractivity contribution >= 4 is 99.3 Å². The normalized spacial score (nSPS) is 13.4. The predicted molar refractivity (Wildman–Crippen MR) is 405 cm³/mol. The van der Waals surface area contributed by atoms with E-state index in [0.717, 1.165) is 67.7 Å². The minimum atomic E-state index is -0.119. The number of benzene rings is 15. The standard InChI is InChI=1S/C92H66N4/c1-91(2)81-39-23-21-35-71(81)77-57-87-79(55-83(77)91)73-51-49-67(53-85(73)95(87)63-29-13-7-14-30-63)93(61-25-9-5-10-26-61)65-45-41-59(42-46-65)89-75-37-19-17-33-69(75)70-34-18-20-38-76(70)90(89)60-43-47-66(48-44-60)94(62-27-11-6-12-28-62)68-50-52-74-80-56-84-78(72-36-22-24-40-82(72)92(84,3)4)58-88(80)96(86(74)54-68)64-31-15-8-16-32-64/h5-58H,1-4H3. The first-order valence-corrected chi connectivity index (χ1v) is 33.6. The predicted octanol–water partition coefficient (Wildman–Crippen LogP) is 25.1. The molecule has 0 amide bonds. The molecule has 454 valence electrons. The highest BCUT2D eigenvalue weighted by molar-refractivity contribution is 6.22. The van der Waals surface area contributed by atoms with Gasteiger partial charge >= 0.3 is 0 Å². The Kier molecular flexibility index (Phi) is 12.3. The minimum Gasteiger partial charge on any atom is -0.310 e. The first-order chi connectivity index (χ1) is 47.2.